The maximum atomic E-state index is 13.1. The first kappa shape index (κ1) is 16.4. The molecule has 1 unspecified atom stereocenters. The zero-order chi connectivity index (χ0) is 15.1. The maximum Gasteiger partial charge on any atom is 0.237 e. The number of halogens is 1. The van der Waals surface area contributed by atoms with Gasteiger partial charge in [0.15, 0.2) is 0 Å². The van der Waals surface area contributed by atoms with Gasteiger partial charge in [-0.3, -0.25) is 4.79 Å². The highest BCUT2D eigenvalue weighted by Crippen LogP contribution is 2.14. The summed E-state index contributed by atoms with van der Waals surface area (Å²) < 4.78 is 18.7. The van der Waals surface area contributed by atoms with E-state index in [4.69, 9.17) is 10.5 Å². The van der Waals surface area contributed by atoms with Crippen LogP contribution in [0.2, 0.25) is 0 Å². The van der Waals surface area contributed by atoms with E-state index in [1.807, 2.05) is 20.8 Å². The number of hydrogen-bond donors (Lipinski definition) is 2. The van der Waals surface area contributed by atoms with Crippen LogP contribution in [0.4, 0.5) is 4.39 Å². The summed E-state index contributed by atoms with van der Waals surface area (Å²) in [6, 6.07) is 5.43. The monoisotopic (exact) mass is 282 g/mol. The van der Waals surface area contributed by atoms with E-state index in [-0.39, 0.29) is 23.7 Å². The second-order valence-corrected chi connectivity index (χ2v) is 5.12. The fourth-order valence-corrected chi connectivity index (χ4v) is 1.64. The molecule has 0 aliphatic heterocycles. The van der Waals surface area contributed by atoms with Crippen LogP contribution >= 0.6 is 0 Å². The van der Waals surface area contributed by atoms with Gasteiger partial charge < -0.3 is 15.8 Å². The highest BCUT2D eigenvalue weighted by atomic mass is 19.1. The average Bonchev–Trinajstić information content (AvgIpc) is 2.42. The first-order valence-electron chi connectivity index (χ1n) is 6.89. The molecule has 0 aliphatic carbocycles. The number of ether oxygens (including phenoxy) is 1. The number of benzene rings is 1. The number of nitrogens with two attached hydrogens (primary N) is 1. The summed E-state index contributed by atoms with van der Waals surface area (Å²) in [5, 5.41) is 2.77. The van der Waals surface area contributed by atoms with Crippen molar-refractivity contribution in [2.24, 2.45) is 11.7 Å². The van der Waals surface area contributed by atoms with Gasteiger partial charge in [-0.05, 0) is 24.5 Å². The molecule has 0 saturated heterocycles. The molecule has 0 heterocycles. The third-order valence-electron chi connectivity index (χ3n) is 3.08. The molecule has 0 fully saturated rings. The minimum Gasteiger partial charge on any atom is -0.489 e. The molecule has 5 heteroatoms. The van der Waals surface area contributed by atoms with Crippen molar-refractivity contribution >= 4 is 5.91 Å². The third kappa shape index (κ3) is 5.17. The summed E-state index contributed by atoms with van der Waals surface area (Å²) in [7, 11) is 0. The standard InChI is InChI=1S/C15H23FN2O2/c1-4-12(9-18-15(19)14(17)10(2)3)20-13-7-5-6-11(16)8-13/h5-8,10,12,14H,4,9,17H2,1-3H3,(H,18,19)/t12?,14-/m0/s1. The van der Waals surface area contributed by atoms with Crippen LogP contribution in [-0.2, 0) is 4.79 Å². The molecular formula is C15H23FN2O2. The molecule has 0 spiro atoms. The minimum absolute atomic E-state index is 0.0826. The molecule has 3 N–H and O–H groups in total. The minimum atomic E-state index is -0.526. The van der Waals surface area contributed by atoms with E-state index in [1.54, 1.807) is 12.1 Å². The fraction of sp³-hybridized carbons (Fsp3) is 0.533. The van der Waals surface area contributed by atoms with Crippen molar-refractivity contribution in [3.63, 3.8) is 0 Å². The van der Waals surface area contributed by atoms with E-state index < -0.39 is 6.04 Å². The van der Waals surface area contributed by atoms with Gasteiger partial charge in [0.05, 0.1) is 12.6 Å². The lowest BCUT2D eigenvalue weighted by Crippen LogP contribution is -2.46. The van der Waals surface area contributed by atoms with Gasteiger partial charge in [-0.1, -0.05) is 26.8 Å². The van der Waals surface area contributed by atoms with Crippen LogP contribution in [0.3, 0.4) is 0 Å². The van der Waals surface area contributed by atoms with Crippen LogP contribution in [0.5, 0.6) is 5.75 Å². The van der Waals surface area contributed by atoms with Crippen LogP contribution in [0, 0.1) is 11.7 Å². The van der Waals surface area contributed by atoms with Crippen LogP contribution in [0.25, 0.3) is 0 Å². The Bertz CT molecular complexity index is 438. The van der Waals surface area contributed by atoms with Gasteiger partial charge in [0.2, 0.25) is 5.91 Å². The summed E-state index contributed by atoms with van der Waals surface area (Å²) >= 11 is 0. The van der Waals surface area contributed by atoms with Crippen molar-refractivity contribution in [2.75, 3.05) is 6.54 Å². The Hall–Kier alpha value is -1.62. The molecule has 0 radical (unpaired) electrons. The Labute approximate surface area is 119 Å². The Kier molecular flexibility index (Phi) is 6.45. The van der Waals surface area contributed by atoms with Crippen molar-refractivity contribution in [1.82, 2.24) is 5.32 Å². The highest BCUT2D eigenvalue weighted by molar-refractivity contribution is 5.81. The number of amides is 1. The number of nitrogens with one attached hydrogen (secondary N) is 1. The molecule has 20 heavy (non-hydrogen) atoms. The van der Waals surface area contributed by atoms with E-state index in [2.05, 4.69) is 5.32 Å². The normalized spacial score (nSPS) is 13.9. The lowest BCUT2D eigenvalue weighted by Gasteiger charge is -2.20. The molecule has 2 atom stereocenters. The topological polar surface area (TPSA) is 64.4 Å². The molecule has 0 saturated carbocycles. The second-order valence-electron chi connectivity index (χ2n) is 5.12. The molecule has 0 aliphatic rings. The van der Waals surface area contributed by atoms with Crippen LogP contribution in [-0.4, -0.2) is 24.6 Å². The van der Waals surface area contributed by atoms with Gasteiger partial charge in [-0.2, -0.15) is 0 Å². The smallest absolute Gasteiger partial charge is 0.237 e. The van der Waals surface area contributed by atoms with Gasteiger partial charge in [-0.15, -0.1) is 0 Å². The number of rotatable bonds is 7. The molecular weight excluding hydrogens is 259 g/mol. The van der Waals surface area contributed by atoms with E-state index in [0.29, 0.717) is 18.7 Å². The summed E-state index contributed by atoms with van der Waals surface area (Å²) in [5.41, 5.74) is 5.76. The SMILES string of the molecule is CCC(CNC(=O)[C@@H](N)C(C)C)Oc1cccc(F)c1. The van der Waals surface area contributed by atoms with Crippen molar-refractivity contribution in [3.8, 4) is 5.75 Å². The van der Waals surface area contributed by atoms with Crippen molar-refractivity contribution in [1.29, 1.82) is 0 Å². The Morgan fingerprint density at radius 1 is 1.45 bits per heavy atom. The number of hydrogen-bond acceptors (Lipinski definition) is 3. The summed E-state index contributed by atoms with van der Waals surface area (Å²) in [6.07, 6.45) is 0.494. The second kappa shape index (κ2) is 7.85. The van der Waals surface area contributed by atoms with E-state index in [0.717, 1.165) is 0 Å². The fourth-order valence-electron chi connectivity index (χ4n) is 1.64. The van der Waals surface area contributed by atoms with Gasteiger partial charge in [0, 0.05) is 6.07 Å². The molecule has 0 bridgehead atoms. The summed E-state index contributed by atoms with van der Waals surface area (Å²) in [4.78, 5) is 11.8. The lowest BCUT2D eigenvalue weighted by molar-refractivity contribution is -0.123. The van der Waals surface area contributed by atoms with Crippen LogP contribution in [0.1, 0.15) is 27.2 Å². The molecule has 1 rings (SSSR count). The predicted octanol–water partition coefficient (Wildman–Crippen LogP) is 2.08. The quantitative estimate of drug-likeness (QED) is 0.805. The largest absolute Gasteiger partial charge is 0.489 e. The third-order valence-corrected chi connectivity index (χ3v) is 3.08. The van der Waals surface area contributed by atoms with Gasteiger partial charge in [-0.25, -0.2) is 4.39 Å². The summed E-state index contributed by atoms with van der Waals surface area (Å²) in [5.74, 6) is 0.00276. The Morgan fingerprint density at radius 3 is 2.70 bits per heavy atom. The zero-order valence-corrected chi connectivity index (χ0v) is 12.2. The van der Waals surface area contributed by atoms with Crippen molar-refractivity contribution in [3.05, 3.63) is 30.1 Å². The zero-order valence-electron chi connectivity index (χ0n) is 12.2. The molecule has 1 aromatic carbocycles. The Balaban J connectivity index is 2.50. The molecule has 112 valence electrons. The molecule has 0 aromatic heterocycles. The van der Waals surface area contributed by atoms with Gasteiger partial charge in [0.1, 0.15) is 17.7 Å². The molecule has 1 amide bonds. The first-order chi connectivity index (χ1) is 9.43. The highest BCUT2D eigenvalue weighted by Gasteiger charge is 2.18. The summed E-state index contributed by atoms with van der Waals surface area (Å²) in [6.45, 7) is 6.08. The van der Waals surface area contributed by atoms with E-state index in [9.17, 15) is 9.18 Å². The lowest BCUT2D eigenvalue weighted by atomic mass is 10.1. The van der Waals surface area contributed by atoms with Gasteiger partial charge >= 0.3 is 0 Å². The van der Waals surface area contributed by atoms with E-state index >= 15 is 0 Å². The maximum absolute atomic E-state index is 13.1. The van der Waals surface area contributed by atoms with Crippen LogP contribution < -0.4 is 15.8 Å². The molecule has 4 nitrogen and oxygen atoms in total. The number of carbonyl (C=O) groups excluding carboxylic acids is 1. The first-order valence-corrected chi connectivity index (χ1v) is 6.89. The average molecular weight is 282 g/mol. The van der Waals surface area contributed by atoms with Crippen molar-refractivity contribution < 1.29 is 13.9 Å². The predicted molar refractivity (Wildman–Crippen MR) is 76.9 cm³/mol. The molecule has 1 aromatic rings. The van der Waals surface area contributed by atoms with Crippen molar-refractivity contribution in [2.45, 2.75) is 39.3 Å². The Morgan fingerprint density at radius 2 is 2.15 bits per heavy atom. The number of carbonyl (C=O) groups is 1. The van der Waals surface area contributed by atoms with Gasteiger partial charge in [0.25, 0.3) is 0 Å². The van der Waals surface area contributed by atoms with E-state index in [1.165, 1.54) is 12.1 Å². The van der Waals surface area contributed by atoms with Crippen LogP contribution in [0.15, 0.2) is 24.3 Å².